The molecule has 2 rings (SSSR count). The Bertz CT molecular complexity index is 240. The van der Waals surface area contributed by atoms with Gasteiger partial charge in [0.2, 0.25) is 0 Å². The molecule has 1 heterocycles. The summed E-state index contributed by atoms with van der Waals surface area (Å²) in [6.45, 7) is 11.2. The summed E-state index contributed by atoms with van der Waals surface area (Å²) in [4.78, 5) is 2.71. The summed E-state index contributed by atoms with van der Waals surface area (Å²) < 4.78 is 0. The van der Waals surface area contributed by atoms with Gasteiger partial charge in [0.05, 0.1) is 0 Å². The van der Waals surface area contributed by atoms with Gasteiger partial charge in [-0.15, -0.1) is 0 Å². The van der Waals surface area contributed by atoms with Gasteiger partial charge in [-0.25, -0.2) is 0 Å². The Hall–Kier alpha value is -0.0800. The van der Waals surface area contributed by atoms with Crippen LogP contribution in [0.3, 0.4) is 0 Å². The molecule has 1 aliphatic heterocycles. The number of piperidine rings is 1. The van der Waals surface area contributed by atoms with Crippen LogP contribution < -0.4 is 5.73 Å². The van der Waals surface area contributed by atoms with Crippen LogP contribution in [0, 0.1) is 17.3 Å². The molecule has 2 N–H and O–H groups in total. The molecular weight excluding hydrogens is 220 g/mol. The molecule has 1 aliphatic carbocycles. The standard InChI is InChI=1S/C16H32N2/c1-16(2,3)14-8-10-18(11-9-14)12-13-4-6-15(17)7-5-13/h13-15H,4-12,17H2,1-3H3. The van der Waals surface area contributed by atoms with Gasteiger partial charge in [-0.3, -0.25) is 0 Å². The molecule has 0 spiro atoms. The summed E-state index contributed by atoms with van der Waals surface area (Å²) in [6.07, 6.45) is 8.03. The molecule has 1 saturated carbocycles. The second kappa shape index (κ2) is 5.92. The third-order valence-electron chi connectivity index (χ3n) is 5.22. The molecular formula is C16H32N2. The molecule has 0 aromatic heterocycles. The number of hydrogen-bond acceptors (Lipinski definition) is 2. The molecule has 2 heteroatoms. The highest BCUT2D eigenvalue weighted by atomic mass is 15.1. The Morgan fingerprint density at radius 3 is 2.00 bits per heavy atom. The largest absolute Gasteiger partial charge is 0.328 e. The van der Waals surface area contributed by atoms with E-state index in [0.717, 1.165) is 11.8 Å². The van der Waals surface area contributed by atoms with Crippen LogP contribution in [-0.2, 0) is 0 Å². The van der Waals surface area contributed by atoms with Gasteiger partial charge >= 0.3 is 0 Å². The first kappa shape index (κ1) is 14.3. The minimum absolute atomic E-state index is 0.493. The normalized spacial score (nSPS) is 32.7. The highest BCUT2D eigenvalue weighted by Gasteiger charge is 2.30. The highest BCUT2D eigenvalue weighted by Crippen LogP contribution is 2.35. The molecule has 0 atom stereocenters. The number of rotatable bonds is 2. The van der Waals surface area contributed by atoms with Crippen LogP contribution in [0.25, 0.3) is 0 Å². The third kappa shape index (κ3) is 3.96. The number of nitrogens with zero attached hydrogens (tertiary/aromatic N) is 1. The molecule has 18 heavy (non-hydrogen) atoms. The number of hydrogen-bond donors (Lipinski definition) is 1. The monoisotopic (exact) mass is 252 g/mol. The van der Waals surface area contributed by atoms with Crippen LogP contribution in [0.2, 0.25) is 0 Å². The fourth-order valence-corrected chi connectivity index (χ4v) is 3.72. The van der Waals surface area contributed by atoms with Gasteiger partial charge in [0.1, 0.15) is 0 Å². The minimum atomic E-state index is 0.493. The topological polar surface area (TPSA) is 29.3 Å². The molecule has 0 radical (unpaired) electrons. The molecule has 2 aliphatic rings. The quantitative estimate of drug-likeness (QED) is 0.817. The van der Waals surface area contributed by atoms with Crippen molar-refractivity contribution in [3.05, 3.63) is 0 Å². The van der Waals surface area contributed by atoms with Crippen LogP contribution in [0.5, 0.6) is 0 Å². The molecule has 106 valence electrons. The lowest BCUT2D eigenvalue weighted by molar-refractivity contribution is 0.0938. The lowest BCUT2D eigenvalue weighted by Crippen LogP contribution is -2.41. The second-order valence-corrected chi connectivity index (χ2v) is 7.72. The second-order valence-electron chi connectivity index (χ2n) is 7.72. The fraction of sp³-hybridized carbons (Fsp3) is 1.00. The molecule has 0 bridgehead atoms. The van der Waals surface area contributed by atoms with Gasteiger partial charge in [-0.2, -0.15) is 0 Å². The Balaban J connectivity index is 1.70. The van der Waals surface area contributed by atoms with Crippen molar-refractivity contribution >= 4 is 0 Å². The highest BCUT2D eigenvalue weighted by molar-refractivity contribution is 4.83. The summed E-state index contributed by atoms with van der Waals surface area (Å²) in [5.74, 6) is 1.85. The summed E-state index contributed by atoms with van der Waals surface area (Å²) in [6, 6.07) is 0.493. The van der Waals surface area contributed by atoms with Crippen LogP contribution in [0.15, 0.2) is 0 Å². The SMILES string of the molecule is CC(C)(C)C1CCN(CC2CCC(N)CC2)CC1. The first-order valence-electron chi connectivity index (χ1n) is 7.93. The molecule has 0 unspecified atom stereocenters. The predicted octanol–water partition coefficient (Wildman–Crippen LogP) is 3.26. The van der Waals surface area contributed by atoms with Gasteiger partial charge in [0.25, 0.3) is 0 Å². The van der Waals surface area contributed by atoms with Crippen molar-refractivity contribution in [3.8, 4) is 0 Å². The van der Waals surface area contributed by atoms with E-state index in [2.05, 4.69) is 25.7 Å². The van der Waals surface area contributed by atoms with Crippen molar-refractivity contribution in [1.82, 2.24) is 4.90 Å². The summed E-state index contributed by atoms with van der Waals surface area (Å²) >= 11 is 0. The van der Waals surface area contributed by atoms with E-state index in [4.69, 9.17) is 5.73 Å². The van der Waals surface area contributed by atoms with E-state index in [-0.39, 0.29) is 0 Å². The lowest BCUT2D eigenvalue weighted by Gasteiger charge is -2.40. The van der Waals surface area contributed by atoms with Crippen LogP contribution in [0.1, 0.15) is 59.3 Å². The lowest BCUT2D eigenvalue weighted by atomic mass is 9.75. The Kier molecular flexibility index (Phi) is 4.71. The minimum Gasteiger partial charge on any atom is -0.328 e. The number of likely N-dealkylation sites (tertiary alicyclic amines) is 1. The van der Waals surface area contributed by atoms with Crippen LogP contribution in [-0.4, -0.2) is 30.6 Å². The van der Waals surface area contributed by atoms with Gasteiger partial charge in [0, 0.05) is 12.6 Å². The van der Waals surface area contributed by atoms with Gasteiger partial charge in [-0.05, 0) is 68.9 Å². The van der Waals surface area contributed by atoms with E-state index in [0.29, 0.717) is 11.5 Å². The first-order valence-corrected chi connectivity index (χ1v) is 7.93. The molecule has 2 fully saturated rings. The predicted molar refractivity (Wildman–Crippen MR) is 78.6 cm³/mol. The van der Waals surface area contributed by atoms with Crippen LogP contribution >= 0.6 is 0 Å². The van der Waals surface area contributed by atoms with Crippen molar-refractivity contribution in [2.75, 3.05) is 19.6 Å². The molecule has 2 nitrogen and oxygen atoms in total. The van der Waals surface area contributed by atoms with Gasteiger partial charge in [0.15, 0.2) is 0 Å². The van der Waals surface area contributed by atoms with E-state index in [1.54, 1.807) is 0 Å². The third-order valence-corrected chi connectivity index (χ3v) is 5.22. The molecule has 0 amide bonds. The zero-order chi connectivity index (χ0) is 13.2. The number of nitrogens with two attached hydrogens (primary N) is 1. The molecule has 0 aromatic carbocycles. The zero-order valence-electron chi connectivity index (χ0n) is 12.6. The smallest absolute Gasteiger partial charge is 0.00390 e. The van der Waals surface area contributed by atoms with Crippen molar-refractivity contribution < 1.29 is 0 Å². The van der Waals surface area contributed by atoms with E-state index >= 15 is 0 Å². The Labute approximate surface area is 113 Å². The van der Waals surface area contributed by atoms with Crippen molar-refractivity contribution in [1.29, 1.82) is 0 Å². The van der Waals surface area contributed by atoms with Crippen molar-refractivity contribution in [3.63, 3.8) is 0 Å². The Morgan fingerprint density at radius 2 is 1.50 bits per heavy atom. The van der Waals surface area contributed by atoms with E-state index in [1.165, 1.54) is 58.2 Å². The van der Waals surface area contributed by atoms with E-state index < -0.39 is 0 Å². The van der Waals surface area contributed by atoms with E-state index in [1.807, 2.05) is 0 Å². The summed E-state index contributed by atoms with van der Waals surface area (Å²) in [5, 5.41) is 0. The average molecular weight is 252 g/mol. The zero-order valence-corrected chi connectivity index (χ0v) is 12.6. The van der Waals surface area contributed by atoms with Crippen molar-refractivity contribution in [2.24, 2.45) is 23.0 Å². The maximum Gasteiger partial charge on any atom is 0.00390 e. The maximum absolute atomic E-state index is 5.98. The van der Waals surface area contributed by atoms with E-state index in [9.17, 15) is 0 Å². The van der Waals surface area contributed by atoms with Crippen molar-refractivity contribution in [2.45, 2.75) is 65.3 Å². The summed E-state index contributed by atoms with van der Waals surface area (Å²) in [5.41, 5.74) is 6.49. The first-order chi connectivity index (χ1) is 8.45. The Morgan fingerprint density at radius 1 is 0.944 bits per heavy atom. The fourth-order valence-electron chi connectivity index (χ4n) is 3.72. The molecule has 0 aromatic rings. The summed E-state index contributed by atoms with van der Waals surface area (Å²) in [7, 11) is 0. The maximum atomic E-state index is 5.98. The average Bonchev–Trinajstić information content (AvgIpc) is 2.32. The molecule has 1 saturated heterocycles. The van der Waals surface area contributed by atoms with Crippen LogP contribution in [0.4, 0.5) is 0 Å². The van der Waals surface area contributed by atoms with Gasteiger partial charge in [-0.1, -0.05) is 20.8 Å². The van der Waals surface area contributed by atoms with Gasteiger partial charge < -0.3 is 10.6 Å².